The fourth-order valence-corrected chi connectivity index (χ4v) is 1.70. The lowest BCUT2D eigenvalue weighted by Crippen LogP contribution is -2.13. The summed E-state index contributed by atoms with van der Waals surface area (Å²) in [6, 6.07) is 10.4. The Labute approximate surface area is 113 Å². The molecule has 0 aliphatic rings. The lowest BCUT2D eigenvalue weighted by Gasteiger charge is -2.06. The van der Waals surface area contributed by atoms with Crippen LogP contribution in [-0.4, -0.2) is 10.9 Å². The number of hydrogen-bond donors (Lipinski definition) is 2. The van der Waals surface area contributed by atoms with Crippen molar-refractivity contribution >= 4 is 33.3 Å². The molecule has 92 valence electrons. The van der Waals surface area contributed by atoms with Crippen molar-refractivity contribution in [1.29, 1.82) is 0 Å². The number of benzene rings is 1. The number of carbonyl (C=O) groups is 1. The van der Waals surface area contributed by atoms with E-state index in [4.69, 9.17) is 5.73 Å². The molecule has 1 aromatic carbocycles. The Morgan fingerprint density at radius 2 is 2.11 bits per heavy atom. The first-order valence-electron chi connectivity index (χ1n) is 5.36. The van der Waals surface area contributed by atoms with Crippen molar-refractivity contribution in [2.45, 2.75) is 6.92 Å². The first kappa shape index (κ1) is 12.6. The summed E-state index contributed by atoms with van der Waals surface area (Å²) in [4.78, 5) is 16.2. The molecule has 2 rings (SSSR count). The van der Waals surface area contributed by atoms with Crippen LogP contribution in [0.15, 0.2) is 40.9 Å². The molecule has 0 spiro atoms. The van der Waals surface area contributed by atoms with Gasteiger partial charge in [-0.15, -0.1) is 0 Å². The van der Waals surface area contributed by atoms with Crippen LogP contribution in [-0.2, 0) is 0 Å². The number of aryl methyl sites for hydroxylation is 1. The molecule has 0 radical (unpaired) electrons. The van der Waals surface area contributed by atoms with Gasteiger partial charge in [0.05, 0.1) is 5.69 Å². The predicted octanol–water partition coefficient (Wildman–Crippen LogP) is 2.99. The first-order valence-corrected chi connectivity index (χ1v) is 6.15. The third-order valence-electron chi connectivity index (χ3n) is 2.41. The Morgan fingerprint density at radius 3 is 2.78 bits per heavy atom. The lowest BCUT2D eigenvalue weighted by atomic mass is 10.2. The number of anilines is 2. The number of hydrogen-bond acceptors (Lipinski definition) is 3. The van der Waals surface area contributed by atoms with Crippen molar-refractivity contribution in [3.8, 4) is 0 Å². The van der Waals surface area contributed by atoms with Gasteiger partial charge in [0, 0.05) is 15.7 Å². The van der Waals surface area contributed by atoms with Crippen LogP contribution >= 0.6 is 15.9 Å². The van der Waals surface area contributed by atoms with Gasteiger partial charge in [-0.2, -0.15) is 0 Å². The molecule has 0 fully saturated rings. The molecule has 3 N–H and O–H groups in total. The quantitative estimate of drug-likeness (QED) is 0.838. The highest BCUT2D eigenvalue weighted by Gasteiger charge is 2.07. The van der Waals surface area contributed by atoms with Crippen LogP contribution in [0, 0.1) is 6.92 Å². The monoisotopic (exact) mass is 305 g/mol. The normalized spacial score (nSPS) is 10.1. The van der Waals surface area contributed by atoms with Crippen molar-refractivity contribution in [3.05, 3.63) is 52.1 Å². The molecule has 0 unspecified atom stereocenters. The number of nitrogens with one attached hydrogen (secondary N) is 1. The van der Waals surface area contributed by atoms with E-state index in [0.717, 1.165) is 10.2 Å². The van der Waals surface area contributed by atoms with Gasteiger partial charge < -0.3 is 11.1 Å². The second-order valence-electron chi connectivity index (χ2n) is 3.84. The summed E-state index contributed by atoms with van der Waals surface area (Å²) in [5.41, 5.74) is 7.52. The molecule has 18 heavy (non-hydrogen) atoms. The van der Waals surface area contributed by atoms with E-state index >= 15 is 0 Å². The molecule has 0 atom stereocenters. The first-order chi connectivity index (χ1) is 8.56. The number of pyridine rings is 1. The minimum Gasteiger partial charge on any atom is -0.399 e. The van der Waals surface area contributed by atoms with Gasteiger partial charge in [-0.1, -0.05) is 6.07 Å². The molecule has 5 heteroatoms. The summed E-state index contributed by atoms with van der Waals surface area (Å²) in [5.74, 6) is 0.291. The molecule has 0 aliphatic carbocycles. The van der Waals surface area contributed by atoms with Gasteiger partial charge in [0.25, 0.3) is 5.91 Å². The van der Waals surface area contributed by atoms with Crippen LogP contribution in [0.25, 0.3) is 0 Å². The molecule has 0 aliphatic heterocycles. The van der Waals surface area contributed by atoms with E-state index in [2.05, 4.69) is 26.2 Å². The maximum absolute atomic E-state index is 11.9. The van der Waals surface area contributed by atoms with Crippen molar-refractivity contribution in [2.24, 2.45) is 0 Å². The van der Waals surface area contributed by atoms with E-state index in [-0.39, 0.29) is 5.91 Å². The van der Waals surface area contributed by atoms with Gasteiger partial charge >= 0.3 is 0 Å². The summed E-state index contributed by atoms with van der Waals surface area (Å²) < 4.78 is 0.907. The fourth-order valence-electron chi connectivity index (χ4n) is 1.48. The van der Waals surface area contributed by atoms with E-state index in [9.17, 15) is 4.79 Å². The zero-order valence-electron chi connectivity index (χ0n) is 9.77. The topological polar surface area (TPSA) is 68.0 Å². The zero-order chi connectivity index (χ0) is 13.1. The van der Waals surface area contributed by atoms with Crippen molar-refractivity contribution in [1.82, 2.24) is 4.98 Å². The highest BCUT2D eigenvalue weighted by Crippen LogP contribution is 2.17. The predicted molar refractivity (Wildman–Crippen MR) is 75.5 cm³/mol. The Balaban J connectivity index is 2.18. The van der Waals surface area contributed by atoms with Crippen LogP contribution in [0.1, 0.15) is 16.1 Å². The van der Waals surface area contributed by atoms with E-state index in [1.807, 2.05) is 13.0 Å². The number of amides is 1. The summed E-state index contributed by atoms with van der Waals surface area (Å²) in [6.45, 7) is 1.86. The van der Waals surface area contributed by atoms with Gasteiger partial charge in [0.15, 0.2) is 0 Å². The maximum atomic E-state index is 11.9. The highest BCUT2D eigenvalue weighted by molar-refractivity contribution is 9.10. The molecule has 0 saturated carbocycles. The van der Waals surface area contributed by atoms with Crippen molar-refractivity contribution in [3.63, 3.8) is 0 Å². The van der Waals surface area contributed by atoms with E-state index in [1.54, 1.807) is 30.3 Å². The number of nitrogens with two attached hydrogens (primary N) is 1. The number of rotatable bonds is 2. The Bertz CT molecular complexity index is 599. The largest absolute Gasteiger partial charge is 0.399 e. The molecule has 1 heterocycles. The number of carbonyl (C=O) groups excluding carboxylic acids is 1. The standard InChI is InChI=1S/C13H12BrN3O/c1-8-11(14)5-6-12(16-8)17-13(18)9-3-2-4-10(15)7-9/h2-7H,15H2,1H3,(H,16,17,18). The number of nitrogens with zero attached hydrogens (tertiary/aromatic N) is 1. The molecule has 0 saturated heterocycles. The Kier molecular flexibility index (Phi) is 3.62. The lowest BCUT2D eigenvalue weighted by molar-refractivity contribution is 0.102. The molecule has 2 aromatic rings. The molecule has 4 nitrogen and oxygen atoms in total. The summed E-state index contributed by atoms with van der Waals surface area (Å²) in [5, 5.41) is 2.73. The number of aromatic nitrogens is 1. The summed E-state index contributed by atoms with van der Waals surface area (Å²) >= 11 is 3.36. The van der Waals surface area contributed by atoms with Crippen LogP contribution in [0.3, 0.4) is 0 Å². The summed E-state index contributed by atoms with van der Waals surface area (Å²) in [7, 11) is 0. The van der Waals surface area contributed by atoms with Crippen molar-refractivity contribution < 1.29 is 4.79 Å². The van der Waals surface area contributed by atoms with Gasteiger partial charge in [-0.3, -0.25) is 4.79 Å². The van der Waals surface area contributed by atoms with E-state index in [1.165, 1.54) is 0 Å². The Hall–Kier alpha value is -1.88. The number of halogens is 1. The smallest absolute Gasteiger partial charge is 0.256 e. The van der Waals surface area contributed by atoms with Gasteiger partial charge in [0.2, 0.25) is 0 Å². The molecule has 1 amide bonds. The SMILES string of the molecule is Cc1nc(NC(=O)c2cccc(N)c2)ccc1Br. The molecular weight excluding hydrogens is 294 g/mol. The Morgan fingerprint density at radius 1 is 1.33 bits per heavy atom. The van der Waals surface area contributed by atoms with Crippen LogP contribution in [0.5, 0.6) is 0 Å². The van der Waals surface area contributed by atoms with Crippen LogP contribution in [0.4, 0.5) is 11.5 Å². The highest BCUT2D eigenvalue weighted by atomic mass is 79.9. The van der Waals surface area contributed by atoms with Gasteiger partial charge in [0.1, 0.15) is 5.82 Å². The van der Waals surface area contributed by atoms with Gasteiger partial charge in [-0.05, 0) is 53.2 Å². The molecular formula is C13H12BrN3O. The average Bonchev–Trinajstić information content (AvgIpc) is 2.34. The maximum Gasteiger partial charge on any atom is 0.256 e. The van der Waals surface area contributed by atoms with E-state index in [0.29, 0.717) is 17.1 Å². The third kappa shape index (κ3) is 2.87. The second-order valence-corrected chi connectivity index (χ2v) is 4.70. The molecule has 0 bridgehead atoms. The van der Waals surface area contributed by atoms with E-state index < -0.39 is 0 Å². The second kappa shape index (κ2) is 5.18. The summed E-state index contributed by atoms with van der Waals surface area (Å²) in [6.07, 6.45) is 0. The van der Waals surface area contributed by atoms with Crippen molar-refractivity contribution in [2.75, 3.05) is 11.1 Å². The third-order valence-corrected chi connectivity index (χ3v) is 3.25. The zero-order valence-corrected chi connectivity index (χ0v) is 11.4. The average molecular weight is 306 g/mol. The number of nitrogen functional groups attached to an aromatic ring is 1. The van der Waals surface area contributed by atoms with Gasteiger partial charge in [-0.25, -0.2) is 4.98 Å². The van der Waals surface area contributed by atoms with Crippen LogP contribution < -0.4 is 11.1 Å². The van der Waals surface area contributed by atoms with Crippen LogP contribution in [0.2, 0.25) is 0 Å². The fraction of sp³-hybridized carbons (Fsp3) is 0.0769. The minimum absolute atomic E-state index is 0.225. The molecule has 1 aromatic heterocycles. The minimum atomic E-state index is -0.225.